The summed E-state index contributed by atoms with van der Waals surface area (Å²) in [5.41, 5.74) is 4.44. The summed E-state index contributed by atoms with van der Waals surface area (Å²) in [7, 11) is 0. The molecule has 1 amide bonds. The normalized spacial score (nSPS) is 10.5. The molecular weight excluding hydrogens is 476 g/mol. The Kier molecular flexibility index (Phi) is 7.33. The highest BCUT2D eigenvalue weighted by Crippen LogP contribution is 2.26. The fourth-order valence-electron chi connectivity index (χ4n) is 3.68. The summed E-state index contributed by atoms with van der Waals surface area (Å²) in [6, 6.07) is 29.5. The van der Waals surface area contributed by atoms with Crippen molar-refractivity contribution in [2.24, 2.45) is 0 Å². The summed E-state index contributed by atoms with van der Waals surface area (Å²) in [5, 5.41) is 13.8. The molecular formula is C27H23BrN4O. The average molecular weight is 499 g/mol. The molecule has 0 atom stereocenters. The number of nitriles is 1. The summed E-state index contributed by atoms with van der Waals surface area (Å²) in [6.07, 6.45) is 2.32. The molecule has 6 heteroatoms. The number of halogens is 1. The Morgan fingerprint density at radius 3 is 2.27 bits per heavy atom. The molecule has 0 fully saturated rings. The third kappa shape index (κ3) is 5.76. The van der Waals surface area contributed by atoms with Gasteiger partial charge in [0, 0.05) is 33.9 Å². The van der Waals surface area contributed by atoms with Crippen molar-refractivity contribution in [3.63, 3.8) is 0 Å². The fraction of sp³-hybridized carbons (Fsp3) is 0.148. The predicted octanol–water partition coefficient (Wildman–Crippen LogP) is 6.07. The van der Waals surface area contributed by atoms with E-state index in [1.54, 1.807) is 4.68 Å². The molecule has 3 aromatic carbocycles. The average Bonchev–Trinajstić information content (AvgIpc) is 3.26. The van der Waals surface area contributed by atoms with Crippen LogP contribution in [-0.2, 0) is 19.6 Å². The topological polar surface area (TPSA) is 61.9 Å². The van der Waals surface area contributed by atoms with Crippen molar-refractivity contribution in [3.05, 3.63) is 112 Å². The maximum atomic E-state index is 13.5. The summed E-state index contributed by atoms with van der Waals surface area (Å²) < 4.78 is 2.78. The first-order valence-corrected chi connectivity index (χ1v) is 11.5. The Morgan fingerprint density at radius 2 is 1.61 bits per heavy atom. The van der Waals surface area contributed by atoms with E-state index < -0.39 is 0 Å². The van der Waals surface area contributed by atoms with Crippen LogP contribution in [0.1, 0.15) is 27.9 Å². The molecule has 0 aliphatic rings. The van der Waals surface area contributed by atoms with Crippen molar-refractivity contribution >= 4 is 21.8 Å². The third-order valence-electron chi connectivity index (χ3n) is 5.29. The molecule has 0 saturated heterocycles. The lowest BCUT2D eigenvalue weighted by Gasteiger charge is -2.23. The first-order valence-electron chi connectivity index (χ1n) is 10.7. The van der Waals surface area contributed by atoms with Crippen molar-refractivity contribution in [3.8, 4) is 17.3 Å². The Hall–Kier alpha value is -3.69. The van der Waals surface area contributed by atoms with Crippen LogP contribution in [0.2, 0.25) is 0 Å². The number of rotatable bonds is 8. The van der Waals surface area contributed by atoms with E-state index in [2.05, 4.69) is 22.0 Å². The Labute approximate surface area is 202 Å². The van der Waals surface area contributed by atoms with Crippen LogP contribution in [-0.4, -0.2) is 20.6 Å². The molecule has 1 aromatic heterocycles. The predicted molar refractivity (Wildman–Crippen MR) is 132 cm³/mol. The van der Waals surface area contributed by atoms with Crippen LogP contribution in [0, 0.1) is 11.3 Å². The number of benzene rings is 3. The minimum atomic E-state index is -0.0361. The van der Waals surface area contributed by atoms with Crippen molar-refractivity contribution in [1.29, 1.82) is 5.26 Å². The van der Waals surface area contributed by atoms with Gasteiger partial charge in [0.25, 0.3) is 5.91 Å². The SMILES string of the molecule is N#CCCn1cc(CN(Cc2ccccc2)C(=O)c2ccccc2)c(-c2ccc(Br)cc2)n1. The molecule has 0 spiro atoms. The van der Waals surface area contributed by atoms with E-state index in [-0.39, 0.29) is 5.91 Å². The highest BCUT2D eigenvalue weighted by Gasteiger charge is 2.20. The monoisotopic (exact) mass is 498 g/mol. The molecule has 4 aromatic rings. The first-order chi connectivity index (χ1) is 16.1. The van der Waals surface area contributed by atoms with Gasteiger partial charge in [-0.05, 0) is 29.8 Å². The largest absolute Gasteiger partial charge is 0.330 e. The number of amides is 1. The zero-order valence-electron chi connectivity index (χ0n) is 18.1. The summed E-state index contributed by atoms with van der Waals surface area (Å²) in [5.74, 6) is -0.0361. The highest BCUT2D eigenvalue weighted by atomic mass is 79.9. The molecule has 0 saturated carbocycles. The molecule has 5 nitrogen and oxygen atoms in total. The Morgan fingerprint density at radius 1 is 0.939 bits per heavy atom. The van der Waals surface area contributed by atoms with Gasteiger partial charge in [0.1, 0.15) is 0 Å². The summed E-state index contributed by atoms with van der Waals surface area (Å²) in [6.45, 7) is 1.39. The van der Waals surface area contributed by atoms with E-state index in [0.717, 1.165) is 26.9 Å². The molecule has 0 unspecified atom stereocenters. The van der Waals surface area contributed by atoms with Gasteiger partial charge in [-0.3, -0.25) is 9.48 Å². The zero-order valence-corrected chi connectivity index (χ0v) is 19.6. The van der Waals surface area contributed by atoms with E-state index in [4.69, 9.17) is 10.4 Å². The van der Waals surface area contributed by atoms with Crippen LogP contribution in [0.5, 0.6) is 0 Å². The molecule has 1 heterocycles. The van der Waals surface area contributed by atoms with Crippen LogP contribution < -0.4 is 0 Å². The van der Waals surface area contributed by atoms with Crippen LogP contribution >= 0.6 is 15.9 Å². The number of nitrogens with zero attached hydrogens (tertiary/aromatic N) is 4. The quantitative estimate of drug-likeness (QED) is 0.296. The Balaban J connectivity index is 1.71. The number of hydrogen-bond donors (Lipinski definition) is 0. The standard InChI is InChI=1S/C27H23BrN4O/c28-25-14-12-22(13-15-25)26-24(20-32(30-26)17-7-16-29)19-31(18-21-8-3-1-4-9-21)27(33)23-10-5-2-6-11-23/h1-6,8-15,20H,7,17-19H2. The minimum absolute atomic E-state index is 0.0361. The molecule has 0 radical (unpaired) electrons. The van der Waals surface area contributed by atoms with Crippen LogP contribution in [0.4, 0.5) is 0 Å². The lowest BCUT2D eigenvalue weighted by atomic mass is 10.1. The molecule has 0 aliphatic carbocycles. The van der Waals surface area contributed by atoms with Crippen molar-refractivity contribution in [1.82, 2.24) is 14.7 Å². The van der Waals surface area contributed by atoms with Gasteiger partial charge in [-0.2, -0.15) is 10.4 Å². The van der Waals surface area contributed by atoms with Gasteiger partial charge in [0.15, 0.2) is 0 Å². The maximum Gasteiger partial charge on any atom is 0.254 e. The maximum absolute atomic E-state index is 13.5. The van der Waals surface area contributed by atoms with E-state index in [1.807, 2.05) is 96.0 Å². The summed E-state index contributed by atoms with van der Waals surface area (Å²) >= 11 is 3.48. The number of carbonyl (C=O) groups is 1. The van der Waals surface area contributed by atoms with E-state index in [0.29, 0.717) is 31.6 Å². The second-order valence-corrected chi connectivity index (χ2v) is 8.61. The van der Waals surface area contributed by atoms with E-state index >= 15 is 0 Å². The summed E-state index contributed by atoms with van der Waals surface area (Å²) in [4.78, 5) is 15.3. The minimum Gasteiger partial charge on any atom is -0.330 e. The molecule has 0 bridgehead atoms. The van der Waals surface area contributed by atoms with Crippen LogP contribution in [0.3, 0.4) is 0 Å². The molecule has 0 N–H and O–H groups in total. The molecule has 4 rings (SSSR count). The van der Waals surface area contributed by atoms with Gasteiger partial charge in [-0.25, -0.2) is 0 Å². The van der Waals surface area contributed by atoms with Crippen LogP contribution in [0.25, 0.3) is 11.3 Å². The van der Waals surface area contributed by atoms with Crippen molar-refractivity contribution in [2.75, 3.05) is 0 Å². The molecule has 0 aliphatic heterocycles. The van der Waals surface area contributed by atoms with Gasteiger partial charge in [-0.1, -0.05) is 76.6 Å². The zero-order chi connectivity index (χ0) is 23.0. The first kappa shape index (κ1) is 22.5. The van der Waals surface area contributed by atoms with Gasteiger partial charge >= 0.3 is 0 Å². The number of aryl methyl sites for hydroxylation is 1. The van der Waals surface area contributed by atoms with Gasteiger partial charge in [0.2, 0.25) is 0 Å². The van der Waals surface area contributed by atoms with Crippen molar-refractivity contribution in [2.45, 2.75) is 26.1 Å². The van der Waals surface area contributed by atoms with Gasteiger partial charge in [0.05, 0.1) is 31.3 Å². The lowest BCUT2D eigenvalue weighted by molar-refractivity contribution is 0.0730. The van der Waals surface area contributed by atoms with Gasteiger partial charge in [-0.15, -0.1) is 0 Å². The smallest absolute Gasteiger partial charge is 0.254 e. The number of carbonyl (C=O) groups excluding carboxylic acids is 1. The number of aromatic nitrogens is 2. The van der Waals surface area contributed by atoms with E-state index in [9.17, 15) is 4.79 Å². The van der Waals surface area contributed by atoms with Gasteiger partial charge < -0.3 is 4.90 Å². The number of hydrogen-bond acceptors (Lipinski definition) is 3. The molecule has 164 valence electrons. The Bertz CT molecular complexity index is 1250. The second-order valence-electron chi connectivity index (χ2n) is 7.69. The van der Waals surface area contributed by atoms with Crippen LogP contribution in [0.15, 0.2) is 95.6 Å². The second kappa shape index (κ2) is 10.8. The lowest BCUT2D eigenvalue weighted by Crippen LogP contribution is -2.30. The third-order valence-corrected chi connectivity index (χ3v) is 5.82. The highest BCUT2D eigenvalue weighted by molar-refractivity contribution is 9.10. The fourth-order valence-corrected chi connectivity index (χ4v) is 3.94. The molecule has 33 heavy (non-hydrogen) atoms. The van der Waals surface area contributed by atoms with Crippen molar-refractivity contribution < 1.29 is 4.79 Å². The van der Waals surface area contributed by atoms with E-state index in [1.165, 1.54) is 0 Å².